The highest BCUT2D eigenvalue weighted by molar-refractivity contribution is 7.15. The van der Waals surface area contributed by atoms with Gasteiger partial charge in [-0.05, 0) is 61.2 Å². The molecule has 0 fully saturated rings. The summed E-state index contributed by atoms with van der Waals surface area (Å²) in [7, 11) is 1.69. The first-order valence-electron chi connectivity index (χ1n) is 10.7. The minimum atomic E-state index is -0.0822. The van der Waals surface area contributed by atoms with Gasteiger partial charge in [0.1, 0.15) is 11.0 Å². The number of hydrogen-bond donors (Lipinski definition) is 1. The van der Waals surface area contributed by atoms with Crippen LogP contribution in [0.2, 0.25) is 0 Å². The van der Waals surface area contributed by atoms with Crippen molar-refractivity contribution in [3.05, 3.63) is 62.4 Å². The average molecular weight is 442 g/mol. The Morgan fingerprint density at radius 2 is 2.13 bits per heavy atom. The summed E-state index contributed by atoms with van der Waals surface area (Å²) in [6, 6.07) is 8.42. The standard InChI is InChI=1S/C23H27N3O2S2/c1-28-13-6-11-24-23(27)26-15-17-16-7-2-3-9-19(16)30-22(17)25-12-4-8-18(25)21(26)20-10-5-14-29-20/h4-5,8,10,12,14,21H,2-3,6-7,9,11,13,15H2,1H3,(H,24,27). The van der Waals surface area contributed by atoms with Crippen molar-refractivity contribution in [1.82, 2.24) is 14.8 Å². The van der Waals surface area contributed by atoms with Crippen molar-refractivity contribution >= 4 is 28.7 Å². The van der Waals surface area contributed by atoms with Crippen LogP contribution in [0.1, 0.15) is 51.9 Å². The van der Waals surface area contributed by atoms with Gasteiger partial charge in [0.15, 0.2) is 0 Å². The maximum absolute atomic E-state index is 13.4. The van der Waals surface area contributed by atoms with Crippen molar-refractivity contribution < 1.29 is 9.53 Å². The number of ether oxygens (including phenoxy) is 1. The first-order chi connectivity index (χ1) is 14.8. The maximum Gasteiger partial charge on any atom is 0.318 e. The van der Waals surface area contributed by atoms with Gasteiger partial charge >= 0.3 is 6.03 Å². The molecule has 1 aliphatic heterocycles. The van der Waals surface area contributed by atoms with Crippen LogP contribution in [0.25, 0.3) is 5.00 Å². The molecule has 2 amide bonds. The van der Waals surface area contributed by atoms with Crippen LogP contribution < -0.4 is 5.32 Å². The lowest BCUT2D eigenvalue weighted by Crippen LogP contribution is -2.42. The lowest BCUT2D eigenvalue weighted by Gasteiger charge is -2.30. The molecule has 4 heterocycles. The number of urea groups is 1. The molecule has 1 aliphatic carbocycles. The van der Waals surface area contributed by atoms with Gasteiger partial charge in [0.2, 0.25) is 0 Å². The number of aromatic nitrogens is 1. The van der Waals surface area contributed by atoms with Gasteiger partial charge < -0.3 is 19.5 Å². The molecule has 1 unspecified atom stereocenters. The second-order valence-electron chi connectivity index (χ2n) is 7.92. The quantitative estimate of drug-likeness (QED) is 0.558. The highest BCUT2D eigenvalue weighted by Crippen LogP contribution is 2.44. The van der Waals surface area contributed by atoms with Gasteiger partial charge in [-0.25, -0.2) is 4.79 Å². The molecule has 0 spiro atoms. The Hall–Kier alpha value is -2.09. The molecule has 5 rings (SSSR count). The van der Waals surface area contributed by atoms with E-state index in [1.807, 2.05) is 16.2 Å². The number of fused-ring (bicyclic) bond motifs is 5. The van der Waals surface area contributed by atoms with Crippen LogP contribution in [0.3, 0.4) is 0 Å². The Labute approximate surface area is 185 Å². The third-order valence-corrected chi connectivity index (χ3v) is 8.31. The van der Waals surface area contributed by atoms with Gasteiger partial charge in [0.25, 0.3) is 0 Å². The molecule has 0 bridgehead atoms. The smallest absolute Gasteiger partial charge is 0.318 e. The monoisotopic (exact) mass is 441 g/mol. The van der Waals surface area contributed by atoms with Crippen LogP contribution >= 0.6 is 22.7 Å². The molecule has 3 aromatic heterocycles. The Balaban J connectivity index is 1.57. The van der Waals surface area contributed by atoms with E-state index in [4.69, 9.17) is 4.74 Å². The molecule has 7 heteroatoms. The number of methoxy groups -OCH3 is 1. The van der Waals surface area contributed by atoms with E-state index in [0.717, 1.165) is 12.8 Å². The number of aryl methyl sites for hydroxylation is 1. The summed E-state index contributed by atoms with van der Waals surface area (Å²) < 4.78 is 7.47. The Morgan fingerprint density at radius 3 is 2.97 bits per heavy atom. The molecular weight excluding hydrogens is 414 g/mol. The third kappa shape index (κ3) is 3.49. The molecule has 3 aromatic rings. The van der Waals surface area contributed by atoms with E-state index >= 15 is 0 Å². The van der Waals surface area contributed by atoms with Gasteiger partial charge in [0.05, 0.1) is 12.2 Å². The van der Waals surface area contributed by atoms with Crippen molar-refractivity contribution in [2.45, 2.75) is 44.7 Å². The summed E-state index contributed by atoms with van der Waals surface area (Å²) in [5, 5.41) is 6.54. The predicted molar refractivity (Wildman–Crippen MR) is 122 cm³/mol. The van der Waals surface area contributed by atoms with Gasteiger partial charge in [-0.15, -0.1) is 22.7 Å². The van der Waals surface area contributed by atoms with Crippen LogP contribution in [-0.4, -0.2) is 35.8 Å². The zero-order chi connectivity index (χ0) is 20.5. The Morgan fingerprint density at radius 1 is 1.23 bits per heavy atom. The fourth-order valence-corrected chi connectivity index (χ4v) is 6.90. The van der Waals surface area contributed by atoms with Crippen molar-refractivity contribution in [3.8, 4) is 5.00 Å². The van der Waals surface area contributed by atoms with E-state index < -0.39 is 0 Å². The molecule has 1 N–H and O–H groups in total. The van der Waals surface area contributed by atoms with Crippen LogP contribution in [0.4, 0.5) is 4.79 Å². The first-order valence-corrected chi connectivity index (χ1v) is 12.4. The molecule has 2 aliphatic rings. The minimum absolute atomic E-state index is 0.000799. The topological polar surface area (TPSA) is 46.5 Å². The predicted octanol–water partition coefficient (Wildman–Crippen LogP) is 5.13. The molecule has 0 saturated carbocycles. The Kier molecular flexibility index (Phi) is 5.67. The minimum Gasteiger partial charge on any atom is -0.385 e. The van der Waals surface area contributed by atoms with Gasteiger partial charge in [0, 0.05) is 41.8 Å². The second kappa shape index (κ2) is 8.57. The number of carbonyl (C=O) groups excluding carboxylic acids is 1. The molecule has 30 heavy (non-hydrogen) atoms. The molecule has 1 atom stereocenters. The van der Waals surface area contributed by atoms with Gasteiger partial charge in [-0.1, -0.05) is 6.07 Å². The maximum atomic E-state index is 13.4. The van der Waals surface area contributed by atoms with Crippen LogP contribution in [0.15, 0.2) is 35.8 Å². The molecule has 0 radical (unpaired) electrons. The zero-order valence-corrected chi connectivity index (χ0v) is 18.9. The molecule has 0 aromatic carbocycles. The van der Waals surface area contributed by atoms with Crippen molar-refractivity contribution in [1.29, 1.82) is 0 Å². The molecule has 158 valence electrons. The van der Waals surface area contributed by atoms with E-state index in [9.17, 15) is 4.79 Å². The third-order valence-electron chi connectivity index (χ3n) is 6.05. The number of rotatable bonds is 5. The van der Waals surface area contributed by atoms with Crippen molar-refractivity contribution in [2.75, 3.05) is 20.3 Å². The summed E-state index contributed by atoms with van der Waals surface area (Å²) in [5.41, 5.74) is 4.00. The van der Waals surface area contributed by atoms with Crippen LogP contribution in [0, 0.1) is 0 Å². The first kappa shape index (κ1) is 19.8. The van der Waals surface area contributed by atoms with Gasteiger partial charge in [-0.3, -0.25) is 0 Å². The number of carbonyl (C=O) groups is 1. The lowest BCUT2D eigenvalue weighted by molar-refractivity contribution is 0.174. The number of amides is 2. The van der Waals surface area contributed by atoms with Crippen LogP contribution in [0.5, 0.6) is 0 Å². The summed E-state index contributed by atoms with van der Waals surface area (Å²) in [6.07, 6.45) is 7.79. The molecular formula is C23H27N3O2S2. The molecule has 0 saturated heterocycles. The summed E-state index contributed by atoms with van der Waals surface area (Å²) >= 11 is 3.64. The summed E-state index contributed by atoms with van der Waals surface area (Å²) in [5.74, 6) is 0. The van der Waals surface area contributed by atoms with E-state index in [1.165, 1.54) is 50.8 Å². The van der Waals surface area contributed by atoms with Gasteiger partial charge in [-0.2, -0.15) is 0 Å². The van der Waals surface area contributed by atoms with Crippen molar-refractivity contribution in [3.63, 3.8) is 0 Å². The lowest BCUT2D eigenvalue weighted by atomic mass is 9.95. The molecule has 5 nitrogen and oxygen atoms in total. The number of nitrogens with one attached hydrogen (secondary N) is 1. The normalized spacial score (nSPS) is 17.8. The van der Waals surface area contributed by atoms with E-state index in [0.29, 0.717) is 19.7 Å². The number of nitrogens with zero attached hydrogens (tertiary/aromatic N) is 2. The number of hydrogen-bond acceptors (Lipinski definition) is 4. The van der Waals surface area contributed by atoms with Crippen LogP contribution in [-0.2, 0) is 24.1 Å². The van der Waals surface area contributed by atoms with E-state index in [1.54, 1.807) is 18.4 Å². The van der Waals surface area contributed by atoms with E-state index in [2.05, 4.69) is 45.7 Å². The van der Waals surface area contributed by atoms with Crippen molar-refractivity contribution in [2.24, 2.45) is 0 Å². The fourth-order valence-electron chi connectivity index (χ4n) is 4.65. The SMILES string of the molecule is COCCCNC(=O)N1Cc2c(sc3c2CCCC3)-n2cccc2C1c1cccs1. The zero-order valence-electron chi connectivity index (χ0n) is 17.2. The largest absolute Gasteiger partial charge is 0.385 e. The highest BCUT2D eigenvalue weighted by atomic mass is 32.1. The highest BCUT2D eigenvalue weighted by Gasteiger charge is 2.36. The Bertz CT molecular complexity index is 1020. The summed E-state index contributed by atoms with van der Waals surface area (Å²) in [4.78, 5) is 18.2. The number of thiophene rings is 2. The fraction of sp³-hybridized carbons (Fsp3) is 0.435. The second-order valence-corrected chi connectivity index (χ2v) is 9.98. The van der Waals surface area contributed by atoms with E-state index in [-0.39, 0.29) is 12.1 Å². The summed E-state index contributed by atoms with van der Waals surface area (Å²) in [6.45, 7) is 1.93. The average Bonchev–Trinajstić information content (AvgIpc) is 3.50.